The van der Waals surface area contributed by atoms with Crippen molar-refractivity contribution in [3.8, 4) is 51.7 Å². The van der Waals surface area contributed by atoms with E-state index in [4.69, 9.17) is 127 Å². The van der Waals surface area contributed by atoms with Crippen molar-refractivity contribution in [3.63, 3.8) is 0 Å². The van der Waals surface area contributed by atoms with Crippen LogP contribution in [-0.2, 0) is 80.2 Å². The molecule has 3 heterocycles. The van der Waals surface area contributed by atoms with Crippen molar-refractivity contribution < 1.29 is 62.3 Å². The molecule has 0 fully saturated rings. The third kappa shape index (κ3) is 30.9. The van der Waals surface area contributed by atoms with E-state index >= 15 is 0 Å². The molecule has 0 amide bonds. The summed E-state index contributed by atoms with van der Waals surface area (Å²) < 4.78 is 68.0. The predicted molar refractivity (Wildman–Crippen MR) is 489 cm³/mol. The maximum Gasteiger partial charge on any atom is 0.147 e. The fourth-order valence-corrected chi connectivity index (χ4v) is 15.7. The lowest BCUT2D eigenvalue weighted by atomic mass is 10.2. The number of H-pyrrole nitrogens is 1. The summed E-state index contributed by atoms with van der Waals surface area (Å²) in [5, 5.41) is 21.7. The van der Waals surface area contributed by atoms with Crippen LogP contribution in [0.3, 0.4) is 0 Å². The second-order valence-electron chi connectivity index (χ2n) is 32.4. The number of phenols is 1. The highest BCUT2D eigenvalue weighted by Crippen LogP contribution is 2.42. The van der Waals surface area contributed by atoms with Crippen LogP contribution >= 0.6 is 85.5 Å². The van der Waals surface area contributed by atoms with E-state index in [0.29, 0.717) is 118 Å². The van der Waals surface area contributed by atoms with Gasteiger partial charge in [0.25, 0.3) is 0 Å². The number of hydrogen-bond donors (Lipinski definition) is 3. The second-order valence-corrected chi connectivity index (χ2v) is 57.7. The lowest BCUT2D eigenvalue weighted by Gasteiger charge is -2.17. The molecule has 0 saturated heterocycles. The number of phenolic OH excluding ortho intramolecular Hbond substituents is 1. The number of fused-ring (bicyclic) bond motifs is 3. The first-order valence-electron chi connectivity index (χ1n) is 38.4. The summed E-state index contributed by atoms with van der Waals surface area (Å²) in [6.07, 6.45) is 0. The number of alkyl halides is 1. The van der Waals surface area contributed by atoms with E-state index in [2.05, 4.69) is 109 Å². The molecule has 12 aromatic rings. The summed E-state index contributed by atoms with van der Waals surface area (Å²) in [4.78, 5) is 16.6. The van der Waals surface area contributed by atoms with E-state index in [-0.39, 0.29) is 66.0 Å². The molecular weight excluding hydrogens is 1740 g/mol. The van der Waals surface area contributed by atoms with Crippen LogP contribution in [0.2, 0.25) is 133 Å². The lowest BCUT2D eigenvalue weighted by Crippen LogP contribution is -2.22. The fraction of sp³-hybridized carbons (Fsp3) is 0.345. The second kappa shape index (κ2) is 45.6. The van der Waals surface area contributed by atoms with Gasteiger partial charge in [-0.2, -0.15) is 0 Å². The maximum atomic E-state index is 10.0. The molecule has 3 aromatic heterocycles. The molecule has 19 nitrogen and oxygen atoms in total. The minimum absolute atomic E-state index is 0.0967. The molecule has 0 aliphatic heterocycles. The average molecular weight is 1850 g/mol. The Bertz CT molecular complexity index is 5060. The molecule has 0 atom stereocenters. The van der Waals surface area contributed by atoms with Crippen LogP contribution in [0.1, 0.15) is 34.2 Å². The Morgan fingerprint density at radius 3 is 1.12 bits per heavy atom. The molecule has 626 valence electrons. The number of ether oxygens (including phenoxy) is 11. The van der Waals surface area contributed by atoms with Gasteiger partial charge in [-0.3, -0.25) is 0 Å². The van der Waals surface area contributed by atoms with Gasteiger partial charge >= 0.3 is 0 Å². The highest BCUT2D eigenvalue weighted by molar-refractivity contribution is 9.08. The quantitative estimate of drug-likeness (QED) is 0.0142. The number of aromatic hydroxyl groups is 1. The van der Waals surface area contributed by atoms with Gasteiger partial charge in [-0.25, -0.2) is 15.0 Å². The van der Waals surface area contributed by atoms with E-state index in [1.54, 1.807) is 6.07 Å². The molecule has 0 saturated carbocycles. The van der Waals surface area contributed by atoms with Crippen molar-refractivity contribution >= 4 is 151 Å². The molecule has 0 spiro atoms. The maximum absolute atomic E-state index is 10.0. The van der Waals surface area contributed by atoms with E-state index < -0.39 is 32.3 Å². The Morgan fingerprint density at radius 1 is 0.385 bits per heavy atom. The number of aromatic nitrogens is 6. The van der Waals surface area contributed by atoms with E-state index in [1.165, 1.54) is 11.6 Å². The molecule has 117 heavy (non-hydrogen) atoms. The van der Waals surface area contributed by atoms with E-state index in [9.17, 15) is 10.2 Å². The topological polar surface area (TPSA) is 206 Å². The summed E-state index contributed by atoms with van der Waals surface area (Å²) in [6, 6.07) is 61.8. The molecular formula is C87H105BrCl6N6O13Si4. The van der Waals surface area contributed by atoms with Gasteiger partial charge < -0.3 is 76.4 Å². The molecule has 9 aromatic carbocycles. The first-order valence-corrected chi connectivity index (χ1v) is 56.7. The Hall–Kier alpha value is -7.00. The number of hydrogen-bond acceptors (Lipinski definition) is 16. The number of nitrogens with zero attached hydrogens (tertiary/aromatic N) is 5. The predicted octanol–water partition coefficient (Wildman–Crippen LogP) is 26.2. The Labute approximate surface area is 729 Å². The van der Waals surface area contributed by atoms with Crippen molar-refractivity contribution in [3.05, 3.63) is 246 Å². The van der Waals surface area contributed by atoms with Gasteiger partial charge in [0.1, 0.15) is 150 Å². The fourth-order valence-electron chi connectivity index (χ4n) is 10.9. The van der Waals surface area contributed by atoms with Crippen LogP contribution < -0.4 is 23.7 Å². The van der Waals surface area contributed by atoms with Crippen molar-refractivity contribution in [2.45, 2.75) is 155 Å². The number of rotatable bonds is 38. The minimum Gasteiger partial charge on any atom is -0.506 e. The van der Waals surface area contributed by atoms with Gasteiger partial charge in [-0.1, -0.05) is 255 Å². The Morgan fingerprint density at radius 2 is 0.735 bits per heavy atom. The van der Waals surface area contributed by atoms with Gasteiger partial charge in [0.15, 0.2) is 0 Å². The molecule has 0 aliphatic carbocycles. The molecule has 30 heteroatoms. The Balaban J connectivity index is 0.000000188. The first kappa shape index (κ1) is 93.9. The van der Waals surface area contributed by atoms with Gasteiger partial charge in [0, 0.05) is 82.3 Å². The van der Waals surface area contributed by atoms with Gasteiger partial charge in [0.05, 0.1) is 42.7 Å². The summed E-state index contributed by atoms with van der Waals surface area (Å²) in [5.41, 5.74) is 6.85. The zero-order valence-corrected chi connectivity index (χ0v) is 78.4. The zero-order valence-electron chi connectivity index (χ0n) is 68.3. The number of imidazole rings is 3. The van der Waals surface area contributed by atoms with Crippen molar-refractivity contribution in [1.82, 2.24) is 29.1 Å². The van der Waals surface area contributed by atoms with E-state index in [0.717, 1.165) is 75.1 Å². The average Bonchev–Trinajstić information content (AvgIpc) is 1.65. The Kier molecular flexibility index (Phi) is 36.6. The van der Waals surface area contributed by atoms with Crippen LogP contribution in [0.4, 0.5) is 0 Å². The number of aliphatic hydroxyl groups excluding tert-OH is 1. The van der Waals surface area contributed by atoms with Crippen LogP contribution in [0.15, 0.2) is 182 Å². The number of nitrogens with one attached hydrogen (secondary N) is 1. The van der Waals surface area contributed by atoms with Crippen LogP contribution in [-0.4, -0.2) is 112 Å². The normalized spacial score (nSPS) is 11.8. The van der Waals surface area contributed by atoms with E-state index in [1.807, 2.05) is 179 Å². The van der Waals surface area contributed by atoms with Crippen molar-refractivity contribution in [2.24, 2.45) is 0 Å². The van der Waals surface area contributed by atoms with Crippen LogP contribution in [0, 0.1) is 0 Å². The summed E-state index contributed by atoms with van der Waals surface area (Å²) in [7, 11) is -4.72. The lowest BCUT2D eigenvalue weighted by molar-refractivity contribution is -0.0610. The van der Waals surface area contributed by atoms with Gasteiger partial charge in [-0.15, -0.1) is 0 Å². The third-order valence-corrected chi connectivity index (χ3v) is 27.6. The van der Waals surface area contributed by atoms with Gasteiger partial charge in [0.2, 0.25) is 0 Å². The largest absolute Gasteiger partial charge is 0.506 e. The SMILES string of the molecule is BrCc1ccc(Oc2ccccc2)cc1.C[Si](C)(C)CCOCOCc1nc2cc(O)c(Cl)c(Cl)c2n1COCC[Si](C)(C)C.C[Si](C)(C)CCOCOCc1nc2cc(OCc3ccc(Oc4ccccc4)cc3)c(Cl)c(Cl)c2n1COCC[Si](C)(C)C.OCc1nc2c(Cl)c(Cl)c(OCc3ccc(Oc4ccccc4)cc3)cc2[nH]1. The third-order valence-electron chi connectivity index (χ3n) is 17.6. The molecule has 0 unspecified atom stereocenters. The highest BCUT2D eigenvalue weighted by atomic mass is 79.9. The zero-order chi connectivity index (χ0) is 84.3. The smallest absolute Gasteiger partial charge is 0.147 e. The number of aromatic amines is 1. The van der Waals surface area contributed by atoms with Crippen molar-refractivity contribution in [2.75, 3.05) is 40.0 Å². The van der Waals surface area contributed by atoms with Crippen LogP contribution in [0.25, 0.3) is 33.1 Å². The molecule has 0 bridgehead atoms. The summed E-state index contributed by atoms with van der Waals surface area (Å²) >= 11 is 42.2. The molecule has 0 radical (unpaired) electrons. The monoisotopic (exact) mass is 1840 g/mol. The number of aliphatic hydroxyl groups is 1. The molecule has 3 N–H and O–H groups in total. The minimum atomic E-state index is -1.24. The van der Waals surface area contributed by atoms with Crippen LogP contribution in [0.5, 0.6) is 51.7 Å². The molecule has 12 rings (SSSR count). The number of benzene rings is 9. The number of halogens is 7. The standard InChI is InChI=1S/C33H44Cl2N2O5Si2.C21H16Cl2N2O3.C20H34Cl2N2O4Si2.C13H11BrO/c1-43(2,3)18-16-38-23-37-30(22-40-24-39-17-19-44(4,5)6)36-28-20-29(31(34)32(35)33(28)37)41-21-25-12-14-27(15-13-25)42-26-10-8-7-9-11-26;22-19-17(10-16-21(20(19)23)25-18(11-26)24-16)27-12-13-6-8-15(9-7-13)28-14-4-2-1-3-5-14;1-29(2,3)9-7-26-13-24-17(12-28-14-27-8-10-30(4,5)6)23-15-11-16(25)18(21)19(22)20(15)24;14-10-11-6-8-13(9-7-11)15-12-4-2-1-3-5-12/h7-15,20H,16-19,21-24H2,1-6H3;1-10,26H,11-12H2,(H,24,25);11,25H,7-10,12-14H2,1-6H3;1-9H,10H2. The highest BCUT2D eigenvalue weighted by Gasteiger charge is 2.24. The molecule has 0 aliphatic rings. The first-order chi connectivity index (χ1) is 55.8. The van der Waals surface area contributed by atoms with Gasteiger partial charge in [-0.05, 0) is 114 Å². The van der Waals surface area contributed by atoms with Crippen molar-refractivity contribution in [1.29, 1.82) is 0 Å². The summed E-state index contributed by atoms with van der Waals surface area (Å²) in [5.74, 6) is 7.34. The summed E-state index contributed by atoms with van der Waals surface area (Å²) in [6.45, 7) is 32.4. The number of para-hydroxylation sites is 3.